The first-order valence-electron chi connectivity index (χ1n) is 7.46. The molecule has 2 N–H and O–H groups in total. The van der Waals surface area contributed by atoms with Gasteiger partial charge in [-0.25, -0.2) is 10.2 Å². The predicted molar refractivity (Wildman–Crippen MR) is 85.2 cm³/mol. The van der Waals surface area contributed by atoms with Crippen LogP contribution in [0, 0.1) is 0 Å². The van der Waals surface area contributed by atoms with Crippen molar-refractivity contribution in [1.82, 2.24) is 10.7 Å². The number of nitrogens with zero attached hydrogens (tertiary/aromatic N) is 1. The quantitative estimate of drug-likeness (QED) is 0.738. The Hall–Kier alpha value is -2.90. The molecule has 0 aliphatic carbocycles. The lowest BCUT2D eigenvalue weighted by Gasteiger charge is -2.16. The van der Waals surface area contributed by atoms with E-state index in [0.717, 1.165) is 11.3 Å². The first-order chi connectivity index (χ1) is 11.5. The Morgan fingerprint density at radius 2 is 2.00 bits per heavy atom. The van der Waals surface area contributed by atoms with Gasteiger partial charge in [0, 0.05) is 19.4 Å². The number of carbonyl (C=O) groups excluding carboxylic acids is 3. The van der Waals surface area contributed by atoms with Crippen LogP contribution in [0.2, 0.25) is 0 Å². The molecule has 2 amide bonds. The molecule has 1 aliphatic rings. The summed E-state index contributed by atoms with van der Waals surface area (Å²) >= 11 is 0. The van der Waals surface area contributed by atoms with Crippen LogP contribution in [0.3, 0.4) is 0 Å². The summed E-state index contributed by atoms with van der Waals surface area (Å²) in [5, 5.41) is 6.32. The molecule has 0 aromatic heterocycles. The first kappa shape index (κ1) is 17.5. The Labute approximate surface area is 139 Å². The highest BCUT2D eigenvalue weighted by molar-refractivity contribution is 6.37. The molecule has 24 heavy (non-hydrogen) atoms. The van der Waals surface area contributed by atoms with E-state index in [1.807, 2.05) is 12.1 Å². The average Bonchev–Trinajstić information content (AvgIpc) is 2.60. The molecule has 0 bridgehead atoms. The van der Waals surface area contributed by atoms with Gasteiger partial charge >= 0.3 is 5.97 Å². The molecule has 1 atom stereocenters. The maximum absolute atomic E-state index is 12.0. The minimum Gasteiger partial charge on any atom is -0.497 e. The van der Waals surface area contributed by atoms with Crippen molar-refractivity contribution < 1.29 is 23.9 Å². The van der Waals surface area contributed by atoms with E-state index in [9.17, 15) is 14.4 Å². The molecule has 8 heteroatoms. The molecule has 1 aromatic carbocycles. The van der Waals surface area contributed by atoms with Gasteiger partial charge in [-0.2, -0.15) is 5.10 Å². The van der Waals surface area contributed by atoms with Crippen molar-refractivity contribution in [3.05, 3.63) is 29.8 Å². The molecule has 0 radical (unpaired) electrons. The first-order valence-corrected chi connectivity index (χ1v) is 7.46. The third-order valence-corrected chi connectivity index (χ3v) is 3.42. The second kappa shape index (κ2) is 8.09. The van der Waals surface area contributed by atoms with Gasteiger partial charge in [-0.3, -0.25) is 9.59 Å². The Morgan fingerprint density at radius 1 is 1.29 bits per heavy atom. The van der Waals surface area contributed by atoms with E-state index in [2.05, 4.69) is 15.8 Å². The van der Waals surface area contributed by atoms with Crippen LogP contribution >= 0.6 is 0 Å². The number of rotatable bonds is 6. The summed E-state index contributed by atoms with van der Waals surface area (Å²) in [6, 6.07) is 7.24. The molecule has 2 rings (SSSR count). The fourth-order valence-corrected chi connectivity index (χ4v) is 1.98. The molecule has 1 heterocycles. The number of carbonyl (C=O) groups is 3. The standard InChI is InChI=1S/C16H19N3O5/c1-10(24-16(22)13-7-8-14(20)19-18-13)15(21)17-9-11-3-5-12(23-2)6-4-11/h3-6,10H,7-9H2,1-2H3,(H,17,21)(H,19,20)/t10-/m1/s1. The highest BCUT2D eigenvalue weighted by atomic mass is 16.5. The maximum atomic E-state index is 12.0. The number of hydrogen-bond acceptors (Lipinski definition) is 6. The van der Waals surface area contributed by atoms with Crippen molar-refractivity contribution in [2.24, 2.45) is 5.10 Å². The lowest BCUT2D eigenvalue weighted by atomic mass is 10.2. The van der Waals surface area contributed by atoms with Gasteiger partial charge in [0.1, 0.15) is 11.5 Å². The zero-order chi connectivity index (χ0) is 17.5. The van der Waals surface area contributed by atoms with Gasteiger partial charge in [-0.15, -0.1) is 0 Å². The number of amides is 2. The molecule has 0 saturated carbocycles. The molecule has 0 fully saturated rings. The summed E-state index contributed by atoms with van der Waals surface area (Å²) in [7, 11) is 1.58. The molecule has 1 aliphatic heterocycles. The van der Waals surface area contributed by atoms with Gasteiger partial charge in [-0.05, 0) is 24.6 Å². The summed E-state index contributed by atoms with van der Waals surface area (Å²) in [5.41, 5.74) is 3.20. The van der Waals surface area contributed by atoms with Crippen molar-refractivity contribution in [2.75, 3.05) is 7.11 Å². The van der Waals surface area contributed by atoms with Crippen LogP contribution in [-0.2, 0) is 25.7 Å². The predicted octanol–water partition coefficient (Wildman–Crippen LogP) is 0.509. The van der Waals surface area contributed by atoms with Crippen LogP contribution in [-0.4, -0.2) is 36.7 Å². The normalized spacial score (nSPS) is 14.9. The van der Waals surface area contributed by atoms with Crippen molar-refractivity contribution in [2.45, 2.75) is 32.4 Å². The Bertz CT molecular complexity index is 654. The SMILES string of the molecule is COc1ccc(CNC(=O)[C@@H](C)OC(=O)C2=NNC(=O)CC2)cc1. The fraction of sp³-hybridized carbons (Fsp3) is 0.375. The Balaban J connectivity index is 1.81. The summed E-state index contributed by atoms with van der Waals surface area (Å²) < 4.78 is 10.1. The van der Waals surface area contributed by atoms with Crippen LogP contribution < -0.4 is 15.5 Å². The van der Waals surface area contributed by atoms with E-state index in [1.54, 1.807) is 19.2 Å². The van der Waals surface area contributed by atoms with E-state index >= 15 is 0 Å². The molecular formula is C16H19N3O5. The highest BCUT2D eigenvalue weighted by Crippen LogP contribution is 2.11. The third kappa shape index (κ3) is 4.80. The van der Waals surface area contributed by atoms with Gasteiger partial charge in [0.25, 0.3) is 5.91 Å². The number of hydrogen-bond donors (Lipinski definition) is 2. The van der Waals surface area contributed by atoms with E-state index < -0.39 is 18.0 Å². The van der Waals surface area contributed by atoms with Gasteiger partial charge in [0.05, 0.1) is 7.11 Å². The summed E-state index contributed by atoms with van der Waals surface area (Å²) in [6.45, 7) is 1.78. The van der Waals surface area contributed by atoms with E-state index in [0.29, 0.717) is 6.54 Å². The number of benzene rings is 1. The van der Waals surface area contributed by atoms with Crippen molar-refractivity contribution in [1.29, 1.82) is 0 Å². The zero-order valence-electron chi connectivity index (χ0n) is 13.5. The van der Waals surface area contributed by atoms with Crippen LogP contribution in [0.15, 0.2) is 29.4 Å². The van der Waals surface area contributed by atoms with Crippen LogP contribution in [0.5, 0.6) is 5.75 Å². The van der Waals surface area contributed by atoms with Crippen molar-refractivity contribution >= 4 is 23.5 Å². The second-order valence-corrected chi connectivity index (χ2v) is 5.21. The van der Waals surface area contributed by atoms with Crippen molar-refractivity contribution in [3.8, 4) is 5.75 Å². The van der Waals surface area contributed by atoms with Gasteiger partial charge in [0.2, 0.25) is 5.91 Å². The van der Waals surface area contributed by atoms with Crippen LogP contribution in [0.4, 0.5) is 0 Å². The average molecular weight is 333 g/mol. The number of ether oxygens (including phenoxy) is 2. The number of nitrogens with one attached hydrogen (secondary N) is 2. The number of methoxy groups -OCH3 is 1. The van der Waals surface area contributed by atoms with Gasteiger partial charge in [0.15, 0.2) is 6.10 Å². The Morgan fingerprint density at radius 3 is 2.58 bits per heavy atom. The topological polar surface area (TPSA) is 106 Å². The molecule has 8 nitrogen and oxygen atoms in total. The number of hydrazone groups is 1. The van der Waals surface area contributed by atoms with Crippen LogP contribution in [0.25, 0.3) is 0 Å². The fourth-order valence-electron chi connectivity index (χ4n) is 1.98. The largest absolute Gasteiger partial charge is 0.497 e. The molecule has 1 aromatic rings. The molecule has 0 saturated heterocycles. The molecule has 128 valence electrons. The Kier molecular flexibility index (Phi) is 5.89. The van der Waals surface area contributed by atoms with Crippen molar-refractivity contribution in [3.63, 3.8) is 0 Å². The van der Waals surface area contributed by atoms with E-state index in [4.69, 9.17) is 9.47 Å². The second-order valence-electron chi connectivity index (χ2n) is 5.21. The molecular weight excluding hydrogens is 314 g/mol. The highest BCUT2D eigenvalue weighted by Gasteiger charge is 2.24. The smallest absolute Gasteiger partial charge is 0.355 e. The summed E-state index contributed by atoms with van der Waals surface area (Å²) in [5.74, 6) is -0.647. The molecule has 0 spiro atoms. The summed E-state index contributed by atoms with van der Waals surface area (Å²) in [6.07, 6.45) is -0.590. The minimum atomic E-state index is -0.962. The monoisotopic (exact) mass is 333 g/mol. The van der Waals surface area contributed by atoms with Gasteiger partial charge < -0.3 is 14.8 Å². The number of esters is 1. The van der Waals surface area contributed by atoms with E-state index in [1.165, 1.54) is 6.92 Å². The maximum Gasteiger partial charge on any atom is 0.355 e. The molecule has 0 unspecified atom stereocenters. The van der Waals surface area contributed by atoms with Crippen LogP contribution in [0.1, 0.15) is 25.3 Å². The third-order valence-electron chi connectivity index (χ3n) is 3.42. The van der Waals surface area contributed by atoms with Gasteiger partial charge in [-0.1, -0.05) is 12.1 Å². The minimum absolute atomic E-state index is 0.101. The lowest BCUT2D eigenvalue weighted by Crippen LogP contribution is -2.38. The van der Waals surface area contributed by atoms with E-state index in [-0.39, 0.29) is 24.5 Å². The zero-order valence-corrected chi connectivity index (χ0v) is 13.5. The summed E-state index contributed by atoms with van der Waals surface area (Å²) in [4.78, 5) is 34.8. The lowest BCUT2D eigenvalue weighted by molar-refractivity contribution is -0.148.